The topological polar surface area (TPSA) is 53.9 Å². The Labute approximate surface area is 110 Å². The van der Waals surface area contributed by atoms with Gasteiger partial charge in [-0.15, -0.1) is 5.10 Å². The van der Waals surface area contributed by atoms with E-state index in [-0.39, 0.29) is 0 Å². The van der Waals surface area contributed by atoms with Crippen molar-refractivity contribution in [1.29, 1.82) is 0 Å². The Hall–Kier alpha value is -1.23. The number of aryl methyl sites for hydroxylation is 2. The molecule has 1 heterocycles. The van der Waals surface area contributed by atoms with Gasteiger partial charge in [0.05, 0.1) is 11.4 Å². The van der Waals surface area contributed by atoms with Crippen molar-refractivity contribution >= 4 is 5.95 Å². The molecule has 0 aliphatic rings. The Bertz CT molecular complexity index is 353. The van der Waals surface area contributed by atoms with Crippen LogP contribution in [0.15, 0.2) is 0 Å². The first-order valence-electron chi connectivity index (χ1n) is 6.87. The molecule has 0 radical (unpaired) electrons. The lowest BCUT2D eigenvalue weighted by atomic mass is 10.2. The number of likely N-dealkylation sites (N-methyl/N-ethyl adjacent to an activating group) is 1. The van der Waals surface area contributed by atoms with Gasteiger partial charge in [0.1, 0.15) is 0 Å². The van der Waals surface area contributed by atoms with Gasteiger partial charge in [0, 0.05) is 20.1 Å². The average Bonchev–Trinajstić information content (AvgIpc) is 2.42. The molecular weight excluding hydrogens is 226 g/mol. The van der Waals surface area contributed by atoms with Gasteiger partial charge in [0.25, 0.3) is 0 Å². The maximum absolute atomic E-state index is 4.59. The summed E-state index contributed by atoms with van der Waals surface area (Å²) < 4.78 is 0. The third-order valence-electron chi connectivity index (χ3n) is 2.89. The summed E-state index contributed by atoms with van der Waals surface area (Å²) >= 11 is 0. The molecule has 1 aromatic rings. The largest absolute Gasteiger partial charge is 0.341 e. The number of hydrogen-bond acceptors (Lipinski definition) is 5. The van der Waals surface area contributed by atoms with Crippen molar-refractivity contribution < 1.29 is 0 Å². The Morgan fingerprint density at radius 3 is 2.33 bits per heavy atom. The van der Waals surface area contributed by atoms with E-state index in [1.165, 1.54) is 0 Å². The number of nitrogens with zero attached hydrogens (tertiary/aromatic N) is 4. The molecule has 102 valence electrons. The van der Waals surface area contributed by atoms with E-state index in [0.717, 1.165) is 56.2 Å². The van der Waals surface area contributed by atoms with Crippen molar-refractivity contribution in [3.05, 3.63) is 11.4 Å². The van der Waals surface area contributed by atoms with Crippen LogP contribution in [0.5, 0.6) is 0 Å². The normalized spacial score (nSPS) is 10.7. The first kappa shape index (κ1) is 14.8. The molecule has 0 fully saturated rings. The van der Waals surface area contributed by atoms with E-state index in [0.29, 0.717) is 0 Å². The second kappa shape index (κ2) is 7.97. The van der Waals surface area contributed by atoms with Crippen molar-refractivity contribution in [3.8, 4) is 0 Å². The Morgan fingerprint density at radius 1 is 1.00 bits per heavy atom. The average molecular weight is 251 g/mol. The minimum atomic E-state index is 0.724. The molecule has 0 amide bonds. The van der Waals surface area contributed by atoms with Crippen LogP contribution in [0.25, 0.3) is 0 Å². The molecule has 5 nitrogen and oxygen atoms in total. The zero-order chi connectivity index (χ0) is 13.4. The number of hydrogen-bond donors (Lipinski definition) is 1. The monoisotopic (exact) mass is 251 g/mol. The minimum Gasteiger partial charge on any atom is -0.341 e. The van der Waals surface area contributed by atoms with Crippen molar-refractivity contribution in [1.82, 2.24) is 20.5 Å². The lowest BCUT2D eigenvalue weighted by Gasteiger charge is -2.17. The van der Waals surface area contributed by atoms with E-state index in [4.69, 9.17) is 0 Å². The first-order valence-corrected chi connectivity index (χ1v) is 6.87. The molecule has 0 aromatic carbocycles. The highest BCUT2D eigenvalue weighted by atomic mass is 15.3. The molecular formula is C13H25N5. The molecule has 0 aliphatic heterocycles. The number of aromatic nitrogens is 3. The maximum atomic E-state index is 4.59. The Kier molecular flexibility index (Phi) is 6.57. The van der Waals surface area contributed by atoms with Crippen molar-refractivity contribution in [2.24, 2.45) is 0 Å². The van der Waals surface area contributed by atoms with Crippen LogP contribution >= 0.6 is 0 Å². The van der Waals surface area contributed by atoms with Crippen LogP contribution in [0.1, 0.15) is 38.6 Å². The number of anilines is 1. The summed E-state index contributed by atoms with van der Waals surface area (Å²) in [6, 6.07) is 0. The van der Waals surface area contributed by atoms with Crippen LogP contribution in [-0.4, -0.2) is 41.9 Å². The van der Waals surface area contributed by atoms with E-state index in [2.05, 4.69) is 41.3 Å². The zero-order valence-corrected chi connectivity index (χ0v) is 12.0. The highest BCUT2D eigenvalue weighted by Crippen LogP contribution is 2.09. The van der Waals surface area contributed by atoms with Crippen molar-refractivity contribution in [2.75, 3.05) is 31.6 Å². The molecule has 1 aromatic heterocycles. The van der Waals surface area contributed by atoms with Gasteiger partial charge in [-0.1, -0.05) is 20.8 Å². The fourth-order valence-electron chi connectivity index (χ4n) is 1.74. The summed E-state index contributed by atoms with van der Waals surface area (Å²) in [6.07, 6.45) is 2.96. The van der Waals surface area contributed by atoms with E-state index in [9.17, 15) is 0 Å². The molecule has 1 N–H and O–H groups in total. The van der Waals surface area contributed by atoms with E-state index < -0.39 is 0 Å². The predicted molar refractivity (Wildman–Crippen MR) is 75.0 cm³/mol. The van der Waals surface area contributed by atoms with E-state index >= 15 is 0 Å². The number of nitrogens with one attached hydrogen (secondary N) is 1. The fraction of sp³-hybridized carbons (Fsp3) is 0.769. The standard InChI is InChI=1S/C13H25N5/c1-5-8-14-9-10-18(4)13-15-11(6-2)12(7-3)16-17-13/h14H,5-10H2,1-4H3. The molecule has 0 saturated carbocycles. The van der Waals surface area contributed by atoms with Gasteiger partial charge in [-0.25, -0.2) is 4.98 Å². The lowest BCUT2D eigenvalue weighted by molar-refractivity contribution is 0.656. The van der Waals surface area contributed by atoms with Gasteiger partial charge in [0.15, 0.2) is 0 Å². The second-order valence-electron chi connectivity index (χ2n) is 4.38. The smallest absolute Gasteiger partial charge is 0.245 e. The van der Waals surface area contributed by atoms with Gasteiger partial charge in [-0.05, 0) is 25.8 Å². The van der Waals surface area contributed by atoms with Crippen molar-refractivity contribution in [2.45, 2.75) is 40.0 Å². The Balaban J connectivity index is 2.59. The quantitative estimate of drug-likeness (QED) is 0.708. The van der Waals surface area contributed by atoms with Crippen LogP contribution in [-0.2, 0) is 12.8 Å². The van der Waals surface area contributed by atoms with Gasteiger partial charge in [-0.3, -0.25) is 0 Å². The Morgan fingerprint density at radius 2 is 1.72 bits per heavy atom. The van der Waals surface area contributed by atoms with Crippen LogP contribution in [0.3, 0.4) is 0 Å². The second-order valence-corrected chi connectivity index (χ2v) is 4.38. The first-order chi connectivity index (χ1) is 8.72. The van der Waals surface area contributed by atoms with Gasteiger partial charge < -0.3 is 10.2 Å². The molecule has 0 bridgehead atoms. The minimum absolute atomic E-state index is 0.724. The molecule has 0 saturated heterocycles. The van der Waals surface area contributed by atoms with E-state index in [1.807, 2.05) is 11.9 Å². The molecule has 0 atom stereocenters. The third-order valence-corrected chi connectivity index (χ3v) is 2.89. The predicted octanol–water partition coefficient (Wildman–Crippen LogP) is 1.43. The van der Waals surface area contributed by atoms with Crippen LogP contribution < -0.4 is 10.2 Å². The van der Waals surface area contributed by atoms with Crippen molar-refractivity contribution in [3.63, 3.8) is 0 Å². The summed E-state index contributed by atoms with van der Waals surface area (Å²) in [4.78, 5) is 6.64. The SMILES string of the molecule is CCCNCCN(C)c1nnc(CC)c(CC)n1. The molecule has 0 aliphatic carbocycles. The summed E-state index contributed by atoms with van der Waals surface area (Å²) in [7, 11) is 2.01. The van der Waals surface area contributed by atoms with Crippen LogP contribution in [0, 0.1) is 0 Å². The molecule has 0 unspecified atom stereocenters. The third kappa shape index (κ3) is 4.22. The molecule has 5 heteroatoms. The van der Waals surface area contributed by atoms with Gasteiger partial charge >= 0.3 is 0 Å². The van der Waals surface area contributed by atoms with Crippen LogP contribution in [0.4, 0.5) is 5.95 Å². The maximum Gasteiger partial charge on any atom is 0.245 e. The van der Waals surface area contributed by atoms with E-state index in [1.54, 1.807) is 0 Å². The van der Waals surface area contributed by atoms with Crippen LogP contribution in [0.2, 0.25) is 0 Å². The zero-order valence-electron chi connectivity index (χ0n) is 12.0. The number of rotatable bonds is 8. The highest BCUT2D eigenvalue weighted by molar-refractivity contribution is 5.29. The molecule has 0 spiro atoms. The summed E-state index contributed by atoms with van der Waals surface area (Å²) in [5.41, 5.74) is 2.08. The summed E-state index contributed by atoms with van der Waals surface area (Å²) in [6.45, 7) is 9.27. The highest BCUT2D eigenvalue weighted by Gasteiger charge is 2.09. The summed E-state index contributed by atoms with van der Waals surface area (Å²) in [5, 5.41) is 11.8. The molecule has 1 rings (SSSR count). The van der Waals surface area contributed by atoms with Gasteiger partial charge in [-0.2, -0.15) is 5.10 Å². The van der Waals surface area contributed by atoms with Gasteiger partial charge in [0.2, 0.25) is 5.95 Å². The fourth-order valence-corrected chi connectivity index (χ4v) is 1.74. The molecule has 18 heavy (non-hydrogen) atoms. The summed E-state index contributed by atoms with van der Waals surface area (Å²) in [5.74, 6) is 0.724. The lowest BCUT2D eigenvalue weighted by Crippen LogP contribution is -2.31.